The monoisotopic (exact) mass is 234 g/mol. The predicted molar refractivity (Wildman–Crippen MR) is 66.2 cm³/mol. The van der Waals surface area contributed by atoms with Gasteiger partial charge in [-0.05, 0) is 30.9 Å². The molecule has 1 aliphatic carbocycles. The minimum atomic E-state index is -0.910. The number of rotatable bonds is 3. The van der Waals surface area contributed by atoms with E-state index in [1.807, 2.05) is 0 Å². The van der Waals surface area contributed by atoms with Gasteiger partial charge < -0.3 is 10.4 Å². The first-order valence-corrected chi connectivity index (χ1v) is 6.12. The van der Waals surface area contributed by atoms with Crippen LogP contribution in [-0.2, 0) is 0 Å². The molecule has 2 N–H and O–H groups in total. The van der Waals surface area contributed by atoms with Gasteiger partial charge in [0.2, 0.25) is 0 Å². The molecule has 4 heteroatoms. The quantitative estimate of drug-likeness (QED) is 0.844. The van der Waals surface area contributed by atoms with E-state index < -0.39 is 5.97 Å². The van der Waals surface area contributed by atoms with E-state index in [4.69, 9.17) is 5.11 Å². The molecule has 17 heavy (non-hydrogen) atoms. The molecule has 1 aliphatic rings. The minimum Gasteiger partial charge on any atom is -0.478 e. The molecule has 2 atom stereocenters. The Kier molecular flexibility index (Phi) is 3.61. The molecule has 4 nitrogen and oxygen atoms in total. The van der Waals surface area contributed by atoms with Crippen LogP contribution in [0.5, 0.6) is 0 Å². The third-order valence-electron chi connectivity index (χ3n) is 3.45. The van der Waals surface area contributed by atoms with Crippen LogP contribution in [0.2, 0.25) is 0 Å². The Morgan fingerprint density at radius 2 is 2.24 bits per heavy atom. The maximum Gasteiger partial charge on any atom is 0.335 e. The number of pyridine rings is 1. The van der Waals surface area contributed by atoms with Crippen LogP contribution in [0, 0.1) is 5.92 Å². The van der Waals surface area contributed by atoms with E-state index in [9.17, 15) is 4.79 Å². The van der Waals surface area contributed by atoms with Crippen LogP contribution in [0.3, 0.4) is 0 Å². The number of anilines is 1. The molecule has 2 rings (SSSR count). The Balaban J connectivity index is 2.07. The first-order chi connectivity index (χ1) is 8.16. The molecule has 0 saturated heterocycles. The lowest BCUT2D eigenvalue weighted by Crippen LogP contribution is -2.30. The van der Waals surface area contributed by atoms with Crippen LogP contribution in [0.1, 0.15) is 43.0 Å². The molecule has 1 aromatic rings. The topological polar surface area (TPSA) is 62.2 Å². The number of aromatic carboxylic acids is 1. The summed E-state index contributed by atoms with van der Waals surface area (Å²) in [6.45, 7) is 2.23. The highest BCUT2D eigenvalue weighted by Crippen LogP contribution is 2.26. The molecule has 0 aliphatic heterocycles. The predicted octanol–water partition coefficient (Wildman–Crippen LogP) is 2.77. The Hall–Kier alpha value is -1.58. The zero-order valence-electron chi connectivity index (χ0n) is 10.0. The van der Waals surface area contributed by atoms with Crippen LogP contribution in [0.4, 0.5) is 5.82 Å². The third kappa shape index (κ3) is 2.96. The van der Waals surface area contributed by atoms with Gasteiger partial charge in [-0.2, -0.15) is 0 Å². The minimum absolute atomic E-state index is 0.283. The van der Waals surface area contributed by atoms with Gasteiger partial charge in [0.15, 0.2) is 0 Å². The van der Waals surface area contributed by atoms with Gasteiger partial charge in [0.05, 0.1) is 5.56 Å². The highest BCUT2D eigenvalue weighted by molar-refractivity contribution is 5.88. The summed E-state index contributed by atoms with van der Waals surface area (Å²) in [7, 11) is 0. The molecule has 92 valence electrons. The number of nitrogens with zero attached hydrogens (tertiary/aromatic N) is 1. The zero-order valence-corrected chi connectivity index (χ0v) is 10.0. The van der Waals surface area contributed by atoms with Crippen molar-refractivity contribution in [2.45, 2.75) is 38.6 Å². The second-order valence-corrected chi connectivity index (χ2v) is 4.75. The van der Waals surface area contributed by atoms with Crippen molar-refractivity contribution in [2.75, 3.05) is 5.32 Å². The van der Waals surface area contributed by atoms with E-state index in [1.54, 1.807) is 12.3 Å². The van der Waals surface area contributed by atoms with Gasteiger partial charge >= 0.3 is 5.97 Å². The lowest BCUT2D eigenvalue weighted by atomic mass is 9.86. The zero-order chi connectivity index (χ0) is 12.3. The maximum absolute atomic E-state index is 10.9. The lowest BCUT2D eigenvalue weighted by molar-refractivity contribution is 0.0697. The summed E-state index contributed by atoms with van der Waals surface area (Å²) in [6, 6.07) is 3.53. The summed E-state index contributed by atoms with van der Waals surface area (Å²) in [5.74, 6) is 0.384. The van der Waals surface area contributed by atoms with Gasteiger partial charge in [0.25, 0.3) is 0 Å². The van der Waals surface area contributed by atoms with E-state index in [0.29, 0.717) is 17.8 Å². The van der Waals surface area contributed by atoms with Gasteiger partial charge in [0, 0.05) is 12.2 Å². The number of nitrogens with one attached hydrogen (secondary N) is 1. The Labute approximate surface area is 101 Å². The number of carboxylic acids is 1. The van der Waals surface area contributed by atoms with Gasteiger partial charge in [-0.15, -0.1) is 0 Å². The van der Waals surface area contributed by atoms with Gasteiger partial charge in [-0.25, -0.2) is 9.78 Å². The summed E-state index contributed by atoms with van der Waals surface area (Å²) in [6.07, 6.45) is 6.44. The van der Waals surface area contributed by atoms with Crippen LogP contribution in [0.15, 0.2) is 18.3 Å². The van der Waals surface area contributed by atoms with Crippen molar-refractivity contribution < 1.29 is 9.90 Å². The fraction of sp³-hybridized carbons (Fsp3) is 0.538. The summed E-state index contributed by atoms with van der Waals surface area (Å²) in [5, 5.41) is 12.3. The molecule has 1 aromatic heterocycles. The fourth-order valence-corrected chi connectivity index (χ4v) is 2.36. The standard InChI is InChI=1S/C13H18N2O2/c1-9-4-2-3-5-11(9)15-12-8-10(13(16)17)6-7-14-12/h6-9,11H,2-5H2,1H3,(H,14,15)(H,16,17)/t9-,11-/m1/s1. The molecule has 0 amide bonds. The number of aromatic nitrogens is 1. The Morgan fingerprint density at radius 1 is 1.47 bits per heavy atom. The molecule has 0 unspecified atom stereocenters. The summed E-state index contributed by atoms with van der Waals surface area (Å²) in [4.78, 5) is 15.0. The van der Waals surface area contributed by atoms with Crippen molar-refractivity contribution >= 4 is 11.8 Å². The molecule has 1 fully saturated rings. The van der Waals surface area contributed by atoms with Gasteiger partial charge in [0.1, 0.15) is 5.82 Å². The Morgan fingerprint density at radius 3 is 2.94 bits per heavy atom. The number of carbonyl (C=O) groups is 1. The van der Waals surface area contributed by atoms with Crippen LogP contribution in [0.25, 0.3) is 0 Å². The van der Waals surface area contributed by atoms with Crippen LogP contribution in [-0.4, -0.2) is 22.1 Å². The highest BCUT2D eigenvalue weighted by Gasteiger charge is 2.21. The van der Waals surface area contributed by atoms with Gasteiger partial charge in [-0.1, -0.05) is 19.8 Å². The van der Waals surface area contributed by atoms with Crippen molar-refractivity contribution in [1.29, 1.82) is 0 Å². The summed E-state index contributed by atoms with van der Waals surface area (Å²) in [5.41, 5.74) is 0.283. The molecule has 0 bridgehead atoms. The van der Waals surface area contributed by atoms with E-state index in [2.05, 4.69) is 17.2 Å². The summed E-state index contributed by atoms with van der Waals surface area (Å²) < 4.78 is 0. The SMILES string of the molecule is C[C@@H]1CCCC[C@H]1Nc1cc(C(=O)O)ccn1. The van der Waals surface area contributed by atoms with E-state index in [-0.39, 0.29) is 5.56 Å². The smallest absolute Gasteiger partial charge is 0.335 e. The van der Waals surface area contributed by atoms with E-state index >= 15 is 0 Å². The van der Waals surface area contributed by atoms with Crippen LogP contribution < -0.4 is 5.32 Å². The van der Waals surface area contributed by atoms with E-state index in [1.165, 1.54) is 25.3 Å². The molecule has 0 aromatic carbocycles. The van der Waals surface area contributed by atoms with Gasteiger partial charge in [-0.3, -0.25) is 0 Å². The average Bonchev–Trinajstić information content (AvgIpc) is 2.32. The van der Waals surface area contributed by atoms with Crippen molar-refractivity contribution in [3.63, 3.8) is 0 Å². The second kappa shape index (κ2) is 5.17. The number of carboxylic acid groups (broad SMARTS) is 1. The highest BCUT2D eigenvalue weighted by atomic mass is 16.4. The molecule has 0 spiro atoms. The van der Waals surface area contributed by atoms with Crippen molar-refractivity contribution in [2.24, 2.45) is 5.92 Å². The summed E-state index contributed by atoms with van der Waals surface area (Å²) >= 11 is 0. The molecule has 1 saturated carbocycles. The molecule has 1 heterocycles. The Bertz CT molecular complexity index is 406. The van der Waals surface area contributed by atoms with E-state index in [0.717, 1.165) is 6.42 Å². The molecule has 0 radical (unpaired) electrons. The van der Waals surface area contributed by atoms with Crippen molar-refractivity contribution in [3.05, 3.63) is 23.9 Å². The third-order valence-corrected chi connectivity index (χ3v) is 3.45. The van der Waals surface area contributed by atoms with Crippen molar-refractivity contribution in [3.8, 4) is 0 Å². The fourth-order valence-electron chi connectivity index (χ4n) is 2.36. The maximum atomic E-state index is 10.9. The lowest BCUT2D eigenvalue weighted by Gasteiger charge is -2.29. The molecular formula is C13H18N2O2. The first kappa shape index (κ1) is 11.9. The number of hydrogen-bond donors (Lipinski definition) is 2. The largest absolute Gasteiger partial charge is 0.478 e. The normalized spacial score (nSPS) is 24.3. The number of hydrogen-bond acceptors (Lipinski definition) is 3. The average molecular weight is 234 g/mol. The van der Waals surface area contributed by atoms with Crippen LogP contribution >= 0.6 is 0 Å². The first-order valence-electron chi connectivity index (χ1n) is 6.12. The second-order valence-electron chi connectivity index (χ2n) is 4.75. The van der Waals surface area contributed by atoms with Crippen molar-refractivity contribution in [1.82, 2.24) is 4.98 Å². The molecular weight excluding hydrogens is 216 g/mol.